The maximum Gasteiger partial charge on any atom is 0.254 e. The van der Waals surface area contributed by atoms with E-state index in [9.17, 15) is 9.59 Å². The number of hydrazone groups is 1. The van der Waals surface area contributed by atoms with Crippen molar-refractivity contribution in [2.45, 2.75) is 27.2 Å². The minimum atomic E-state index is -0.373. The molecule has 0 fully saturated rings. The van der Waals surface area contributed by atoms with E-state index in [1.165, 1.54) is 0 Å². The summed E-state index contributed by atoms with van der Waals surface area (Å²) < 4.78 is 5.10. The first-order valence-corrected chi connectivity index (χ1v) is 7.44. The number of nitrogens with one attached hydrogen (secondary N) is 2. The van der Waals surface area contributed by atoms with Gasteiger partial charge in [0.05, 0.1) is 19.2 Å². The van der Waals surface area contributed by atoms with Gasteiger partial charge in [-0.2, -0.15) is 5.10 Å². The molecule has 0 saturated carbocycles. The Morgan fingerprint density at radius 1 is 1.29 bits per heavy atom. The van der Waals surface area contributed by atoms with Crippen molar-refractivity contribution in [1.82, 2.24) is 15.4 Å². The van der Waals surface area contributed by atoms with Crippen molar-refractivity contribution in [3.05, 3.63) is 57.3 Å². The van der Waals surface area contributed by atoms with E-state index in [0.717, 1.165) is 11.3 Å². The lowest BCUT2D eigenvalue weighted by Crippen LogP contribution is -2.27. The molecule has 1 aromatic carbocycles. The highest BCUT2D eigenvalue weighted by molar-refractivity contribution is 5.99. The van der Waals surface area contributed by atoms with Crippen LogP contribution in [0.3, 0.4) is 0 Å². The fourth-order valence-electron chi connectivity index (χ4n) is 2.20. The summed E-state index contributed by atoms with van der Waals surface area (Å²) >= 11 is 0. The molecule has 2 rings (SSSR count). The first-order valence-electron chi connectivity index (χ1n) is 7.44. The average Bonchev–Trinajstić information content (AvgIpc) is 2.56. The number of carbonyl (C=O) groups is 1. The van der Waals surface area contributed by atoms with Crippen LogP contribution in [0.25, 0.3) is 0 Å². The summed E-state index contributed by atoms with van der Waals surface area (Å²) in [4.78, 5) is 30.7. The van der Waals surface area contributed by atoms with Gasteiger partial charge < -0.3 is 9.72 Å². The Morgan fingerprint density at radius 3 is 2.54 bits per heavy atom. The Balaban J connectivity index is 2.05. The van der Waals surface area contributed by atoms with Crippen LogP contribution in [-0.4, -0.2) is 28.7 Å². The number of ether oxygens (including phenoxy) is 1. The molecule has 2 N–H and O–H groups in total. The van der Waals surface area contributed by atoms with Gasteiger partial charge in [-0.15, -0.1) is 0 Å². The molecule has 0 aliphatic rings. The number of aromatic amines is 1. The molecule has 1 amide bonds. The second-order valence-corrected chi connectivity index (χ2v) is 5.35. The van der Waals surface area contributed by atoms with Crippen LogP contribution in [-0.2, 0) is 11.2 Å². The number of H-pyrrole nitrogens is 1. The van der Waals surface area contributed by atoms with Crippen LogP contribution in [0.5, 0.6) is 5.75 Å². The van der Waals surface area contributed by atoms with Crippen molar-refractivity contribution in [3.63, 3.8) is 0 Å². The molecule has 24 heavy (non-hydrogen) atoms. The molecule has 0 aliphatic carbocycles. The zero-order valence-electron chi connectivity index (χ0n) is 14.1. The van der Waals surface area contributed by atoms with Gasteiger partial charge in [-0.25, -0.2) is 10.4 Å². The molecule has 0 aliphatic heterocycles. The molecule has 0 unspecified atom stereocenters. The lowest BCUT2D eigenvalue weighted by atomic mass is 10.1. The normalized spacial score (nSPS) is 11.2. The predicted molar refractivity (Wildman–Crippen MR) is 91.4 cm³/mol. The topological polar surface area (TPSA) is 96.4 Å². The van der Waals surface area contributed by atoms with Gasteiger partial charge in [-0.05, 0) is 50.6 Å². The number of rotatable bonds is 5. The smallest absolute Gasteiger partial charge is 0.254 e. The van der Waals surface area contributed by atoms with E-state index < -0.39 is 0 Å². The Bertz CT molecular complexity index is 823. The highest BCUT2D eigenvalue weighted by Crippen LogP contribution is 2.11. The SMILES string of the molecule is COc1ccc(C(C)=NNC(=O)Cc2c(C)nc(C)[nH]c2=O)cc1. The number of hydrogen-bond acceptors (Lipinski definition) is 5. The number of aryl methyl sites for hydroxylation is 2. The summed E-state index contributed by atoms with van der Waals surface area (Å²) in [5.74, 6) is 0.898. The number of amides is 1. The molecule has 1 heterocycles. The van der Waals surface area contributed by atoms with Crippen LogP contribution in [0.4, 0.5) is 0 Å². The molecule has 7 heteroatoms. The van der Waals surface area contributed by atoms with E-state index >= 15 is 0 Å². The quantitative estimate of drug-likeness (QED) is 0.642. The van der Waals surface area contributed by atoms with Gasteiger partial charge in [-0.3, -0.25) is 9.59 Å². The number of nitrogens with zero attached hydrogens (tertiary/aromatic N) is 2. The van der Waals surface area contributed by atoms with Gasteiger partial charge in [0, 0.05) is 11.3 Å². The van der Waals surface area contributed by atoms with E-state index in [0.29, 0.717) is 22.8 Å². The van der Waals surface area contributed by atoms with Crippen LogP contribution in [0.2, 0.25) is 0 Å². The van der Waals surface area contributed by atoms with Gasteiger partial charge in [0.25, 0.3) is 5.56 Å². The lowest BCUT2D eigenvalue weighted by Gasteiger charge is -2.06. The largest absolute Gasteiger partial charge is 0.497 e. The van der Waals surface area contributed by atoms with Gasteiger partial charge >= 0.3 is 0 Å². The molecule has 2 aromatic rings. The van der Waals surface area contributed by atoms with Crippen LogP contribution in [0.15, 0.2) is 34.2 Å². The Kier molecular flexibility index (Phi) is 5.47. The molecule has 0 spiro atoms. The molecular weight excluding hydrogens is 308 g/mol. The summed E-state index contributed by atoms with van der Waals surface area (Å²) in [6.07, 6.45) is -0.0756. The van der Waals surface area contributed by atoms with Gasteiger partial charge in [0.15, 0.2) is 0 Å². The Labute approximate surface area is 139 Å². The predicted octanol–water partition coefficient (Wildman–Crippen LogP) is 1.48. The second-order valence-electron chi connectivity index (χ2n) is 5.35. The van der Waals surface area contributed by atoms with Crippen molar-refractivity contribution in [2.75, 3.05) is 7.11 Å². The highest BCUT2D eigenvalue weighted by atomic mass is 16.5. The first-order chi connectivity index (χ1) is 11.4. The van der Waals surface area contributed by atoms with E-state index in [4.69, 9.17) is 4.74 Å². The zero-order chi connectivity index (χ0) is 17.7. The number of aromatic nitrogens is 2. The van der Waals surface area contributed by atoms with Crippen molar-refractivity contribution in [2.24, 2.45) is 5.10 Å². The fraction of sp³-hybridized carbons (Fsp3) is 0.294. The molecular formula is C17H20N4O3. The van der Waals surface area contributed by atoms with Crippen molar-refractivity contribution in [3.8, 4) is 5.75 Å². The number of carbonyl (C=O) groups excluding carboxylic acids is 1. The number of benzene rings is 1. The summed E-state index contributed by atoms with van der Waals surface area (Å²) in [5.41, 5.74) is 4.57. The molecule has 126 valence electrons. The number of methoxy groups -OCH3 is 1. The molecule has 7 nitrogen and oxygen atoms in total. The van der Waals surface area contributed by atoms with Gasteiger partial charge in [0.2, 0.25) is 5.91 Å². The van der Waals surface area contributed by atoms with E-state index in [1.54, 1.807) is 27.9 Å². The third-order valence-electron chi connectivity index (χ3n) is 3.53. The maximum absolute atomic E-state index is 12.0. The maximum atomic E-state index is 12.0. The van der Waals surface area contributed by atoms with E-state index in [1.807, 2.05) is 24.3 Å². The molecule has 1 aromatic heterocycles. The van der Waals surface area contributed by atoms with E-state index in [-0.39, 0.29) is 17.9 Å². The second kappa shape index (κ2) is 7.54. The molecule has 0 radical (unpaired) electrons. The van der Waals surface area contributed by atoms with Crippen molar-refractivity contribution < 1.29 is 9.53 Å². The van der Waals surface area contributed by atoms with Gasteiger partial charge in [-0.1, -0.05) is 0 Å². The van der Waals surface area contributed by atoms with Crippen molar-refractivity contribution in [1.29, 1.82) is 0 Å². The minimum Gasteiger partial charge on any atom is -0.497 e. The Hall–Kier alpha value is -2.96. The average molecular weight is 328 g/mol. The fourth-order valence-corrected chi connectivity index (χ4v) is 2.20. The van der Waals surface area contributed by atoms with E-state index in [2.05, 4.69) is 20.5 Å². The summed E-state index contributed by atoms with van der Waals surface area (Å²) in [6, 6.07) is 7.33. The van der Waals surface area contributed by atoms with Crippen LogP contribution < -0.4 is 15.7 Å². The van der Waals surface area contributed by atoms with Crippen LogP contribution >= 0.6 is 0 Å². The minimum absolute atomic E-state index is 0.0756. The molecule has 0 bridgehead atoms. The molecule has 0 atom stereocenters. The standard InChI is InChI=1S/C17H20N4O3/c1-10(13-5-7-14(24-4)8-6-13)20-21-16(22)9-15-11(2)18-12(3)19-17(15)23/h5-8H,9H2,1-4H3,(H,21,22)(H,18,19,23). The summed E-state index contributed by atoms with van der Waals surface area (Å²) in [7, 11) is 1.60. The molecule has 0 saturated heterocycles. The van der Waals surface area contributed by atoms with Gasteiger partial charge in [0.1, 0.15) is 11.6 Å². The van der Waals surface area contributed by atoms with Crippen LogP contribution in [0.1, 0.15) is 29.6 Å². The summed E-state index contributed by atoms with van der Waals surface area (Å²) in [6.45, 7) is 5.19. The third-order valence-corrected chi connectivity index (χ3v) is 3.53. The highest BCUT2D eigenvalue weighted by Gasteiger charge is 2.11. The number of hydrogen-bond donors (Lipinski definition) is 2. The van der Waals surface area contributed by atoms with Crippen molar-refractivity contribution >= 4 is 11.6 Å². The zero-order valence-corrected chi connectivity index (χ0v) is 14.1. The Morgan fingerprint density at radius 2 is 1.96 bits per heavy atom. The van der Waals surface area contributed by atoms with Crippen LogP contribution in [0, 0.1) is 13.8 Å². The lowest BCUT2D eigenvalue weighted by molar-refractivity contribution is -0.120. The first kappa shape index (κ1) is 17.4. The summed E-state index contributed by atoms with van der Waals surface area (Å²) in [5, 5.41) is 4.07. The monoisotopic (exact) mass is 328 g/mol. The third kappa shape index (κ3) is 4.28.